The summed E-state index contributed by atoms with van der Waals surface area (Å²) in [6.07, 6.45) is 8.18. The molecule has 8 heteroatoms. The second-order valence-corrected chi connectivity index (χ2v) is 15.9. The monoisotopic (exact) mass is 611 g/mol. The molecule has 5 rings (SSSR count). The first-order valence-corrected chi connectivity index (χ1v) is 16.6. The molecule has 5 aliphatic rings. The van der Waals surface area contributed by atoms with Crippen molar-refractivity contribution in [2.45, 2.75) is 92.3 Å². The van der Waals surface area contributed by atoms with Crippen molar-refractivity contribution < 1.29 is 33.8 Å². The molecule has 0 saturated heterocycles. The molecule has 0 radical (unpaired) electrons. The smallest absolute Gasteiger partial charge is 0.320 e. The molecule has 5 aliphatic carbocycles. The number of likely N-dealkylation sites (N-methyl/N-ethyl adjacent to an activating group) is 1. The van der Waals surface area contributed by atoms with Crippen LogP contribution in [0.1, 0.15) is 80.1 Å². The van der Waals surface area contributed by atoms with Crippen LogP contribution >= 0.6 is 0 Å². The first-order chi connectivity index (χ1) is 20.5. The lowest BCUT2D eigenvalue weighted by Gasteiger charge is -2.61. The number of ether oxygens (including phenoxy) is 2. The van der Waals surface area contributed by atoms with Gasteiger partial charge in [0.05, 0.1) is 13.2 Å². The average molecular weight is 612 g/mol. The number of hydrogen-bond acceptors (Lipinski definition) is 8. The minimum absolute atomic E-state index is 0.0127. The highest BCUT2D eigenvalue weighted by Gasteiger charge is 2.81. The second-order valence-electron chi connectivity index (χ2n) is 15.9. The Bertz CT molecular complexity index is 1270. The van der Waals surface area contributed by atoms with Crippen LogP contribution in [0.3, 0.4) is 0 Å². The van der Waals surface area contributed by atoms with Crippen molar-refractivity contribution in [3.05, 3.63) is 24.3 Å². The van der Waals surface area contributed by atoms with Crippen molar-refractivity contribution in [2.75, 3.05) is 27.2 Å². The SMILES string of the molecule is C=C(C(=O)[C@H](O)[C@@H](C)[C@H]1[C@@H](OC(C)=O)C[C@@]2(C)[C@@H]3CC[C@H]4[C@H](C)C(=O)C=C[C@@]45C[C@@]35CC[C@]12C)[C@@H](C)COC(=O)CN(C)C. The van der Waals surface area contributed by atoms with Gasteiger partial charge in [0.1, 0.15) is 12.2 Å². The molecule has 4 fully saturated rings. The van der Waals surface area contributed by atoms with Crippen molar-refractivity contribution in [2.24, 2.45) is 57.2 Å². The van der Waals surface area contributed by atoms with Crippen LogP contribution in [0.15, 0.2) is 24.3 Å². The molecule has 0 unspecified atom stereocenters. The summed E-state index contributed by atoms with van der Waals surface area (Å²) in [7, 11) is 3.55. The van der Waals surface area contributed by atoms with Crippen molar-refractivity contribution in [3.8, 4) is 0 Å². The maximum Gasteiger partial charge on any atom is 0.320 e. The average Bonchev–Trinajstić information content (AvgIpc) is 3.56. The number of Topliss-reactive ketones (excluding diaryl/α,β-unsaturated/α-hetero) is 1. The number of allylic oxidation sites excluding steroid dienone is 2. The van der Waals surface area contributed by atoms with Crippen LogP contribution in [0, 0.1) is 57.2 Å². The molecule has 0 bridgehead atoms. The second kappa shape index (κ2) is 11.2. The number of carbonyl (C=O) groups is 4. The van der Waals surface area contributed by atoms with E-state index in [0.717, 1.165) is 32.1 Å². The molecule has 44 heavy (non-hydrogen) atoms. The molecule has 8 nitrogen and oxygen atoms in total. The van der Waals surface area contributed by atoms with E-state index in [1.54, 1.807) is 25.9 Å². The highest BCUT2D eigenvalue weighted by atomic mass is 16.5. The number of nitrogens with zero attached hydrogens (tertiary/aromatic N) is 1. The van der Waals surface area contributed by atoms with Gasteiger partial charge in [-0.2, -0.15) is 0 Å². The summed E-state index contributed by atoms with van der Waals surface area (Å²) in [6.45, 7) is 16.0. The molecular formula is C36H53NO7. The van der Waals surface area contributed by atoms with Crippen LogP contribution in [0.4, 0.5) is 0 Å². The van der Waals surface area contributed by atoms with Crippen LogP contribution in [-0.2, 0) is 28.7 Å². The van der Waals surface area contributed by atoms with Gasteiger partial charge < -0.3 is 14.6 Å². The van der Waals surface area contributed by atoms with Crippen LogP contribution in [-0.4, -0.2) is 73.0 Å². The van der Waals surface area contributed by atoms with E-state index in [0.29, 0.717) is 18.3 Å². The molecule has 0 heterocycles. The van der Waals surface area contributed by atoms with Gasteiger partial charge in [-0.25, -0.2) is 0 Å². The van der Waals surface area contributed by atoms with Crippen LogP contribution in [0.25, 0.3) is 0 Å². The first-order valence-electron chi connectivity index (χ1n) is 16.6. The molecule has 0 amide bonds. The topological polar surface area (TPSA) is 110 Å². The molecule has 4 saturated carbocycles. The van der Waals surface area contributed by atoms with Gasteiger partial charge in [0, 0.05) is 24.7 Å². The van der Waals surface area contributed by atoms with Gasteiger partial charge >= 0.3 is 11.9 Å². The summed E-state index contributed by atoms with van der Waals surface area (Å²) in [5.41, 5.74) is 0.0231. The van der Waals surface area contributed by atoms with Gasteiger partial charge in [0.15, 0.2) is 11.6 Å². The third-order valence-corrected chi connectivity index (χ3v) is 13.5. The van der Waals surface area contributed by atoms with Gasteiger partial charge in [0.2, 0.25) is 0 Å². The summed E-state index contributed by atoms with van der Waals surface area (Å²) in [5, 5.41) is 11.6. The molecule has 2 spiro atoms. The Balaban J connectivity index is 1.38. The Labute approximate surface area is 263 Å². The molecule has 0 aromatic heterocycles. The fourth-order valence-electron chi connectivity index (χ4n) is 11.1. The van der Waals surface area contributed by atoms with Crippen molar-refractivity contribution in [1.82, 2.24) is 4.90 Å². The quantitative estimate of drug-likeness (QED) is 0.278. The van der Waals surface area contributed by atoms with E-state index >= 15 is 0 Å². The maximum atomic E-state index is 13.6. The highest BCUT2D eigenvalue weighted by molar-refractivity contribution is 5.98. The molecule has 0 aromatic carbocycles. The zero-order valence-corrected chi connectivity index (χ0v) is 28.0. The van der Waals surface area contributed by atoms with Gasteiger partial charge in [-0.05, 0) is 104 Å². The minimum Gasteiger partial charge on any atom is -0.464 e. The standard InChI is InChI=1S/C36H53NO7/c1-20(18-43-29(40)17-37(8)9)21(2)31(41)32(42)23(4)30-27(44-24(5)38)16-34(7)28-11-10-25-22(3)26(39)12-13-35(25)19-36(28,35)15-14-33(30,34)6/h12-13,20,22-23,25,27-28,30,32,42H,2,10-11,14-19H2,1,3-9H3/t20-,22-,23-,25-,27-,28-,30-,32+,33+,34-,35+,36-/m0/s1. The largest absolute Gasteiger partial charge is 0.464 e. The lowest BCUT2D eigenvalue weighted by molar-refractivity contribution is -0.155. The lowest BCUT2D eigenvalue weighted by Crippen LogP contribution is -2.56. The summed E-state index contributed by atoms with van der Waals surface area (Å²) in [4.78, 5) is 52.4. The summed E-state index contributed by atoms with van der Waals surface area (Å²) in [5.74, 6) is -1.23. The number of rotatable bonds is 10. The predicted octanol–water partition coefficient (Wildman–Crippen LogP) is 4.79. The van der Waals surface area contributed by atoms with Gasteiger partial charge in [-0.3, -0.25) is 24.1 Å². The van der Waals surface area contributed by atoms with Gasteiger partial charge in [-0.1, -0.05) is 47.3 Å². The zero-order valence-electron chi connectivity index (χ0n) is 28.0. The number of hydrogen-bond donors (Lipinski definition) is 1. The molecular weight excluding hydrogens is 558 g/mol. The molecule has 12 atom stereocenters. The first kappa shape index (κ1) is 33.1. The van der Waals surface area contributed by atoms with E-state index in [2.05, 4.69) is 33.4 Å². The Morgan fingerprint density at radius 2 is 1.82 bits per heavy atom. The zero-order chi connectivity index (χ0) is 32.6. The van der Waals surface area contributed by atoms with E-state index in [9.17, 15) is 24.3 Å². The van der Waals surface area contributed by atoms with Crippen molar-refractivity contribution in [1.29, 1.82) is 0 Å². The predicted molar refractivity (Wildman–Crippen MR) is 166 cm³/mol. The van der Waals surface area contributed by atoms with Crippen LogP contribution in [0.5, 0.6) is 0 Å². The summed E-state index contributed by atoms with van der Waals surface area (Å²) < 4.78 is 11.4. The Kier molecular flexibility index (Phi) is 8.40. The highest BCUT2D eigenvalue weighted by Crippen LogP contribution is 2.87. The fraction of sp³-hybridized carbons (Fsp3) is 0.778. The van der Waals surface area contributed by atoms with E-state index < -0.39 is 29.8 Å². The number of aliphatic hydroxyl groups is 1. The van der Waals surface area contributed by atoms with E-state index in [1.807, 2.05) is 13.0 Å². The maximum absolute atomic E-state index is 13.6. The normalized spacial score (nSPS) is 42.2. The number of carbonyl (C=O) groups excluding carboxylic acids is 4. The van der Waals surface area contributed by atoms with E-state index in [4.69, 9.17) is 9.47 Å². The summed E-state index contributed by atoms with van der Waals surface area (Å²) in [6, 6.07) is 0. The van der Waals surface area contributed by atoms with Gasteiger partial charge in [0.25, 0.3) is 0 Å². The number of fused-ring (bicyclic) bond motifs is 2. The number of esters is 2. The molecule has 0 aromatic rings. The van der Waals surface area contributed by atoms with Crippen LogP contribution in [0.2, 0.25) is 0 Å². The Morgan fingerprint density at radius 3 is 2.45 bits per heavy atom. The minimum atomic E-state index is -1.32. The van der Waals surface area contributed by atoms with E-state index in [1.165, 1.54) is 6.92 Å². The third kappa shape index (κ3) is 4.76. The number of aliphatic hydroxyl groups excluding tert-OH is 1. The summed E-state index contributed by atoms with van der Waals surface area (Å²) >= 11 is 0. The van der Waals surface area contributed by atoms with Gasteiger partial charge in [-0.15, -0.1) is 0 Å². The molecule has 0 aliphatic heterocycles. The fourth-order valence-corrected chi connectivity index (χ4v) is 11.1. The Morgan fingerprint density at radius 1 is 1.14 bits per heavy atom. The van der Waals surface area contributed by atoms with Crippen molar-refractivity contribution >= 4 is 23.5 Å². The number of ketones is 2. The van der Waals surface area contributed by atoms with E-state index in [-0.39, 0.29) is 69.9 Å². The lowest BCUT2D eigenvalue weighted by atomic mass is 9.43. The molecule has 1 N–H and O–H groups in total. The third-order valence-electron chi connectivity index (χ3n) is 13.5. The Hall–Kier alpha value is -2.32. The van der Waals surface area contributed by atoms with Crippen LogP contribution < -0.4 is 0 Å². The van der Waals surface area contributed by atoms with Crippen molar-refractivity contribution in [3.63, 3.8) is 0 Å². The molecule has 244 valence electrons.